The van der Waals surface area contributed by atoms with E-state index < -0.39 is 0 Å². The van der Waals surface area contributed by atoms with E-state index >= 15 is 0 Å². The third-order valence-electron chi connectivity index (χ3n) is 7.10. The topological polar surface area (TPSA) is 103 Å². The molecule has 10 nitrogen and oxygen atoms in total. The number of hydrogen-bond acceptors (Lipinski definition) is 9. The molecule has 1 saturated heterocycles. The number of benzene rings is 1. The standard InChI is InChI=1S/C26H40N8O2/c1-6-21-25(35)31(4)22-17-28-26(30-24(22)34(21)18(2)3)29-20-9-8-19(16-23(20)36-5)33-14-12-32(13-15-33)11-7-10-27/h8-9,16-18,21H,6-7,10-15,27H2,1-5H3,(H,28,29,30)/t21-/m1/s1. The van der Waals surface area contributed by atoms with Gasteiger partial charge in [-0.25, -0.2) is 4.98 Å². The fourth-order valence-electron chi connectivity index (χ4n) is 5.08. The summed E-state index contributed by atoms with van der Waals surface area (Å²) in [5.74, 6) is 2.04. The largest absolute Gasteiger partial charge is 0.494 e. The summed E-state index contributed by atoms with van der Waals surface area (Å²) in [4.78, 5) is 30.9. The van der Waals surface area contributed by atoms with E-state index in [0.29, 0.717) is 12.4 Å². The summed E-state index contributed by atoms with van der Waals surface area (Å²) in [6, 6.07) is 6.07. The molecule has 1 amide bonds. The molecular weight excluding hydrogens is 456 g/mol. The fourth-order valence-corrected chi connectivity index (χ4v) is 5.08. The zero-order valence-corrected chi connectivity index (χ0v) is 22.2. The van der Waals surface area contributed by atoms with Crippen LogP contribution in [0.3, 0.4) is 0 Å². The molecule has 4 rings (SSSR count). The van der Waals surface area contributed by atoms with Crippen LogP contribution in [0.1, 0.15) is 33.6 Å². The summed E-state index contributed by atoms with van der Waals surface area (Å²) in [6.07, 6.45) is 3.47. The van der Waals surface area contributed by atoms with Crippen molar-refractivity contribution in [3.05, 3.63) is 24.4 Å². The van der Waals surface area contributed by atoms with Gasteiger partial charge in [-0.05, 0) is 51.9 Å². The number of anilines is 5. The van der Waals surface area contributed by atoms with Crippen LogP contribution >= 0.6 is 0 Å². The summed E-state index contributed by atoms with van der Waals surface area (Å²) in [5.41, 5.74) is 8.31. The molecule has 3 N–H and O–H groups in total. The van der Waals surface area contributed by atoms with Crippen LogP contribution in [0.15, 0.2) is 24.4 Å². The van der Waals surface area contributed by atoms with E-state index in [1.807, 2.05) is 13.0 Å². The van der Waals surface area contributed by atoms with Gasteiger partial charge in [-0.15, -0.1) is 0 Å². The lowest BCUT2D eigenvalue weighted by atomic mass is 10.1. The number of nitrogens with one attached hydrogen (secondary N) is 1. The van der Waals surface area contributed by atoms with Crippen LogP contribution in [0.4, 0.5) is 28.8 Å². The number of aromatic nitrogens is 2. The number of hydrogen-bond donors (Lipinski definition) is 2. The molecular formula is C26H40N8O2. The average molecular weight is 497 g/mol. The van der Waals surface area contributed by atoms with Crippen LogP contribution in [-0.2, 0) is 4.79 Å². The minimum atomic E-state index is -0.241. The van der Waals surface area contributed by atoms with Crippen molar-refractivity contribution in [1.82, 2.24) is 14.9 Å². The van der Waals surface area contributed by atoms with Gasteiger partial charge >= 0.3 is 0 Å². The summed E-state index contributed by atoms with van der Waals surface area (Å²) < 4.78 is 5.73. The first-order valence-electron chi connectivity index (χ1n) is 12.9. The van der Waals surface area contributed by atoms with Crippen molar-refractivity contribution >= 4 is 34.7 Å². The molecule has 196 valence electrons. The van der Waals surface area contributed by atoms with Gasteiger partial charge in [0.15, 0.2) is 5.82 Å². The lowest BCUT2D eigenvalue weighted by Gasteiger charge is -2.42. The highest BCUT2D eigenvalue weighted by atomic mass is 16.5. The van der Waals surface area contributed by atoms with Crippen LogP contribution in [0.25, 0.3) is 0 Å². The second-order valence-corrected chi connectivity index (χ2v) is 9.71. The summed E-state index contributed by atoms with van der Waals surface area (Å²) in [6.45, 7) is 12.0. The molecule has 0 radical (unpaired) electrons. The molecule has 2 aliphatic heterocycles. The maximum Gasteiger partial charge on any atom is 0.249 e. The lowest BCUT2D eigenvalue weighted by molar-refractivity contribution is -0.120. The molecule has 1 atom stereocenters. The molecule has 2 aromatic rings. The van der Waals surface area contributed by atoms with Crippen molar-refractivity contribution < 1.29 is 9.53 Å². The summed E-state index contributed by atoms with van der Waals surface area (Å²) in [5, 5.41) is 3.34. The Balaban J connectivity index is 1.54. The molecule has 0 unspecified atom stereocenters. The van der Waals surface area contributed by atoms with Gasteiger partial charge in [0.25, 0.3) is 0 Å². The Morgan fingerprint density at radius 2 is 1.97 bits per heavy atom. The fraction of sp³-hybridized carbons (Fsp3) is 0.577. The van der Waals surface area contributed by atoms with Crippen LogP contribution in [0.2, 0.25) is 0 Å². The molecule has 1 aromatic heterocycles. The molecule has 1 fully saturated rings. The number of carbonyl (C=O) groups is 1. The van der Waals surface area contributed by atoms with Crippen molar-refractivity contribution in [2.75, 3.05) is 73.4 Å². The Morgan fingerprint density at radius 1 is 1.22 bits per heavy atom. The normalized spacial score (nSPS) is 18.6. The zero-order chi connectivity index (χ0) is 25.8. The van der Waals surface area contributed by atoms with Gasteiger partial charge in [-0.3, -0.25) is 9.69 Å². The first-order valence-corrected chi connectivity index (χ1v) is 12.9. The smallest absolute Gasteiger partial charge is 0.249 e. The van der Waals surface area contributed by atoms with Gasteiger partial charge in [0, 0.05) is 51.0 Å². The number of likely N-dealkylation sites (N-methyl/N-ethyl adjacent to an activating group) is 1. The first-order chi connectivity index (χ1) is 17.4. The number of piperazine rings is 1. The van der Waals surface area contributed by atoms with Crippen LogP contribution < -0.4 is 30.5 Å². The Hall–Kier alpha value is -3.11. The number of fused-ring (bicyclic) bond motifs is 1. The maximum absolute atomic E-state index is 12.9. The van der Waals surface area contributed by atoms with E-state index in [0.717, 1.165) is 74.3 Å². The molecule has 0 saturated carbocycles. The van der Waals surface area contributed by atoms with E-state index in [4.69, 9.17) is 15.5 Å². The highest BCUT2D eigenvalue weighted by molar-refractivity contribution is 6.04. The molecule has 3 heterocycles. The van der Waals surface area contributed by atoms with Gasteiger partial charge in [-0.1, -0.05) is 6.92 Å². The van der Waals surface area contributed by atoms with Crippen molar-refractivity contribution in [3.8, 4) is 5.75 Å². The highest BCUT2D eigenvalue weighted by Crippen LogP contribution is 2.37. The van der Waals surface area contributed by atoms with Gasteiger partial charge in [0.1, 0.15) is 17.5 Å². The molecule has 0 aliphatic carbocycles. The first kappa shape index (κ1) is 26.0. The molecule has 2 aliphatic rings. The molecule has 36 heavy (non-hydrogen) atoms. The molecule has 0 bridgehead atoms. The van der Waals surface area contributed by atoms with Crippen LogP contribution in [0.5, 0.6) is 5.75 Å². The number of ether oxygens (including phenoxy) is 1. The van der Waals surface area contributed by atoms with E-state index in [-0.39, 0.29) is 18.0 Å². The number of nitrogens with zero attached hydrogens (tertiary/aromatic N) is 6. The third kappa shape index (κ3) is 5.19. The molecule has 0 spiro atoms. The van der Waals surface area contributed by atoms with Crippen molar-refractivity contribution in [1.29, 1.82) is 0 Å². The Bertz CT molecular complexity index is 1050. The van der Waals surface area contributed by atoms with Gasteiger partial charge in [-0.2, -0.15) is 4.98 Å². The molecule has 10 heteroatoms. The monoisotopic (exact) mass is 496 g/mol. The quantitative estimate of drug-likeness (QED) is 0.542. The van der Waals surface area contributed by atoms with Crippen molar-refractivity contribution in [2.24, 2.45) is 5.73 Å². The Kier molecular flexibility index (Phi) is 8.15. The zero-order valence-electron chi connectivity index (χ0n) is 22.2. The molecule has 1 aromatic carbocycles. The maximum atomic E-state index is 12.9. The van der Waals surface area contributed by atoms with Gasteiger partial charge in [0.2, 0.25) is 11.9 Å². The van der Waals surface area contributed by atoms with Crippen molar-refractivity contribution in [3.63, 3.8) is 0 Å². The van der Waals surface area contributed by atoms with Gasteiger partial charge in [0.05, 0.1) is 19.0 Å². The predicted octanol–water partition coefficient (Wildman–Crippen LogP) is 2.67. The van der Waals surface area contributed by atoms with E-state index in [1.54, 1.807) is 25.3 Å². The number of carbonyl (C=O) groups excluding carboxylic acids is 1. The number of nitrogens with two attached hydrogens (primary N) is 1. The summed E-state index contributed by atoms with van der Waals surface area (Å²) in [7, 11) is 3.47. The van der Waals surface area contributed by atoms with Crippen LogP contribution in [-0.4, -0.2) is 86.3 Å². The Labute approximate surface area is 214 Å². The average Bonchev–Trinajstić information content (AvgIpc) is 2.89. The second kappa shape index (κ2) is 11.3. The number of amides is 1. The minimum Gasteiger partial charge on any atom is -0.494 e. The van der Waals surface area contributed by atoms with Crippen molar-refractivity contribution in [2.45, 2.75) is 45.7 Å². The number of rotatable bonds is 9. The van der Waals surface area contributed by atoms with E-state index in [1.165, 1.54) is 0 Å². The van der Waals surface area contributed by atoms with Gasteiger partial charge < -0.3 is 30.5 Å². The third-order valence-corrected chi connectivity index (χ3v) is 7.10. The highest BCUT2D eigenvalue weighted by Gasteiger charge is 2.38. The van der Waals surface area contributed by atoms with E-state index in [2.05, 4.69) is 51.0 Å². The predicted molar refractivity (Wildman–Crippen MR) is 146 cm³/mol. The van der Waals surface area contributed by atoms with E-state index in [9.17, 15) is 4.79 Å². The second-order valence-electron chi connectivity index (χ2n) is 9.71. The minimum absolute atomic E-state index is 0.0699. The summed E-state index contributed by atoms with van der Waals surface area (Å²) >= 11 is 0. The Morgan fingerprint density at radius 3 is 2.61 bits per heavy atom. The van der Waals surface area contributed by atoms with Crippen LogP contribution in [0, 0.1) is 0 Å². The lowest BCUT2D eigenvalue weighted by Crippen LogP contribution is -2.54. The number of methoxy groups -OCH3 is 1. The SMILES string of the molecule is CC[C@@H]1C(=O)N(C)c2cnc(Nc3ccc(N4CCN(CCCN)CC4)cc3OC)nc2N1C(C)C.